The zero-order valence-electron chi connectivity index (χ0n) is 16.7. The number of piperazine rings is 1. The maximum Gasteiger partial charge on any atom is 0.312 e. The standard InChI is InChI=1S/C20H24N6O4/c1-14-4-2-3-5-16(14)17(23-20(21)28)12-19(27)25-10-8-24(9-11-25)18-7-6-15(13-22-18)26(29)30/h2-7,13,17H,8-12H2,1H3,(H3,21,23,28). The highest BCUT2D eigenvalue weighted by Gasteiger charge is 2.26. The number of urea groups is 1. The number of nitrogens with one attached hydrogen (secondary N) is 1. The van der Waals surface area contributed by atoms with Crippen molar-refractivity contribution in [3.63, 3.8) is 0 Å². The van der Waals surface area contributed by atoms with Crippen LogP contribution in [0.3, 0.4) is 0 Å². The molecule has 158 valence electrons. The molecule has 2 aromatic rings. The minimum Gasteiger partial charge on any atom is -0.353 e. The molecule has 0 bridgehead atoms. The molecule has 0 saturated carbocycles. The van der Waals surface area contributed by atoms with Gasteiger partial charge in [0.25, 0.3) is 5.69 Å². The van der Waals surface area contributed by atoms with Crippen molar-refractivity contribution in [3.8, 4) is 0 Å². The molecule has 1 fully saturated rings. The summed E-state index contributed by atoms with van der Waals surface area (Å²) >= 11 is 0. The van der Waals surface area contributed by atoms with Crippen LogP contribution in [0.4, 0.5) is 16.3 Å². The molecule has 1 aliphatic heterocycles. The normalized spacial score (nSPS) is 14.8. The molecule has 1 unspecified atom stereocenters. The molecular formula is C20H24N6O4. The molecule has 0 aliphatic carbocycles. The highest BCUT2D eigenvalue weighted by Crippen LogP contribution is 2.23. The van der Waals surface area contributed by atoms with Gasteiger partial charge in [-0.1, -0.05) is 24.3 Å². The fourth-order valence-electron chi connectivity index (χ4n) is 3.55. The number of nitrogens with zero attached hydrogens (tertiary/aromatic N) is 4. The van der Waals surface area contributed by atoms with Crippen LogP contribution in [-0.2, 0) is 4.79 Å². The fraction of sp³-hybridized carbons (Fsp3) is 0.350. The average Bonchev–Trinajstić information content (AvgIpc) is 2.73. The molecule has 3 amide bonds. The van der Waals surface area contributed by atoms with Crippen LogP contribution in [0, 0.1) is 17.0 Å². The van der Waals surface area contributed by atoms with Gasteiger partial charge in [0, 0.05) is 32.2 Å². The Morgan fingerprint density at radius 3 is 2.47 bits per heavy atom. The van der Waals surface area contributed by atoms with Crippen LogP contribution in [0.2, 0.25) is 0 Å². The first-order chi connectivity index (χ1) is 14.3. The number of carbonyl (C=O) groups is 2. The highest BCUT2D eigenvalue weighted by molar-refractivity contribution is 5.79. The predicted molar refractivity (Wildman–Crippen MR) is 111 cm³/mol. The molecule has 2 heterocycles. The molecule has 10 heteroatoms. The Balaban J connectivity index is 1.61. The Morgan fingerprint density at radius 1 is 1.20 bits per heavy atom. The number of primary amides is 1. The summed E-state index contributed by atoms with van der Waals surface area (Å²) in [4.78, 5) is 42.5. The van der Waals surface area contributed by atoms with E-state index in [1.54, 1.807) is 11.0 Å². The van der Waals surface area contributed by atoms with E-state index >= 15 is 0 Å². The maximum absolute atomic E-state index is 12.9. The largest absolute Gasteiger partial charge is 0.353 e. The maximum atomic E-state index is 12.9. The van der Waals surface area contributed by atoms with Crippen LogP contribution in [0.1, 0.15) is 23.6 Å². The number of amides is 3. The number of benzene rings is 1. The topological polar surface area (TPSA) is 135 Å². The van der Waals surface area contributed by atoms with Gasteiger partial charge in [-0.05, 0) is 24.1 Å². The summed E-state index contributed by atoms with van der Waals surface area (Å²) in [6.45, 7) is 4.04. The quantitative estimate of drug-likeness (QED) is 0.548. The minimum atomic E-state index is -0.676. The predicted octanol–water partition coefficient (Wildman–Crippen LogP) is 1.75. The Hall–Kier alpha value is -3.69. The number of nitrogens with two attached hydrogens (primary N) is 1. The van der Waals surface area contributed by atoms with Crippen LogP contribution in [-0.4, -0.2) is 52.9 Å². The molecule has 30 heavy (non-hydrogen) atoms. The molecular weight excluding hydrogens is 388 g/mol. The molecule has 1 aromatic heterocycles. The lowest BCUT2D eigenvalue weighted by Crippen LogP contribution is -2.49. The Kier molecular flexibility index (Phi) is 6.45. The number of carbonyl (C=O) groups excluding carboxylic acids is 2. The second-order valence-electron chi connectivity index (χ2n) is 7.12. The highest BCUT2D eigenvalue weighted by atomic mass is 16.6. The van der Waals surface area contributed by atoms with Gasteiger partial charge < -0.3 is 20.9 Å². The fourth-order valence-corrected chi connectivity index (χ4v) is 3.55. The van der Waals surface area contributed by atoms with Crippen molar-refractivity contribution in [1.29, 1.82) is 0 Å². The molecule has 1 aliphatic rings. The third kappa shape index (κ3) is 5.02. The van der Waals surface area contributed by atoms with Crippen molar-refractivity contribution in [1.82, 2.24) is 15.2 Å². The lowest BCUT2D eigenvalue weighted by Gasteiger charge is -2.36. The molecule has 0 spiro atoms. The molecule has 3 N–H and O–H groups in total. The lowest BCUT2D eigenvalue weighted by atomic mass is 9.98. The summed E-state index contributed by atoms with van der Waals surface area (Å²) in [5.74, 6) is 0.564. The van der Waals surface area contributed by atoms with E-state index in [0.29, 0.717) is 32.0 Å². The molecule has 0 radical (unpaired) electrons. The SMILES string of the molecule is Cc1ccccc1C(CC(=O)N1CCN(c2ccc([N+](=O)[O-])cn2)CC1)NC(N)=O. The van der Waals surface area contributed by atoms with Gasteiger partial charge in [0.05, 0.1) is 17.4 Å². The summed E-state index contributed by atoms with van der Waals surface area (Å²) in [6.07, 6.45) is 1.35. The van der Waals surface area contributed by atoms with Gasteiger partial charge in [-0.25, -0.2) is 9.78 Å². The van der Waals surface area contributed by atoms with E-state index in [-0.39, 0.29) is 18.0 Å². The van der Waals surface area contributed by atoms with Crippen molar-refractivity contribution in [3.05, 3.63) is 63.8 Å². The van der Waals surface area contributed by atoms with Gasteiger partial charge in [0.15, 0.2) is 0 Å². The van der Waals surface area contributed by atoms with Gasteiger partial charge >= 0.3 is 6.03 Å². The second-order valence-corrected chi connectivity index (χ2v) is 7.12. The first-order valence-corrected chi connectivity index (χ1v) is 9.60. The van der Waals surface area contributed by atoms with E-state index in [4.69, 9.17) is 5.73 Å². The number of rotatable bonds is 6. The van der Waals surface area contributed by atoms with Crippen LogP contribution in [0.5, 0.6) is 0 Å². The van der Waals surface area contributed by atoms with Crippen LogP contribution >= 0.6 is 0 Å². The Labute approximate surface area is 173 Å². The van der Waals surface area contributed by atoms with E-state index in [0.717, 1.165) is 11.1 Å². The number of aryl methyl sites for hydroxylation is 1. The summed E-state index contributed by atoms with van der Waals surface area (Å²) in [5, 5.41) is 13.4. The number of anilines is 1. The smallest absolute Gasteiger partial charge is 0.312 e. The van der Waals surface area contributed by atoms with Crippen LogP contribution < -0.4 is 16.0 Å². The zero-order valence-corrected chi connectivity index (χ0v) is 16.7. The molecule has 1 atom stereocenters. The van der Waals surface area contributed by atoms with Gasteiger partial charge in [-0.2, -0.15) is 0 Å². The minimum absolute atomic E-state index is 0.0586. The van der Waals surface area contributed by atoms with E-state index < -0.39 is 17.0 Å². The summed E-state index contributed by atoms with van der Waals surface area (Å²) < 4.78 is 0. The van der Waals surface area contributed by atoms with Crippen molar-refractivity contribution in [2.75, 3.05) is 31.1 Å². The molecule has 1 aromatic carbocycles. The van der Waals surface area contributed by atoms with Crippen molar-refractivity contribution in [2.45, 2.75) is 19.4 Å². The van der Waals surface area contributed by atoms with Gasteiger partial charge in [-0.3, -0.25) is 14.9 Å². The third-order valence-electron chi connectivity index (χ3n) is 5.16. The first kappa shape index (κ1) is 21.0. The van der Waals surface area contributed by atoms with Crippen molar-refractivity contribution < 1.29 is 14.5 Å². The summed E-state index contributed by atoms with van der Waals surface area (Å²) in [7, 11) is 0. The van der Waals surface area contributed by atoms with E-state index in [1.165, 1.54) is 12.3 Å². The van der Waals surface area contributed by atoms with Gasteiger partial charge in [-0.15, -0.1) is 0 Å². The van der Waals surface area contributed by atoms with Crippen LogP contribution in [0.25, 0.3) is 0 Å². The summed E-state index contributed by atoms with van der Waals surface area (Å²) in [5.41, 5.74) is 7.09. The lowest BCUT2D eigenvalue weighted by molar-refractivity contribution is -0.385. The number of aromatic nitrogens is 1. The number of pyridine rings is 1. The first-order valence-electron chi connectivity index (χ1n) is 9.60. The number of hydrogen-bond acceptors (Lipinski definition) is 6. The Morgan fingerprint density at radius 2 is 1.90 bits per heavy atom. The monoisotopic (exact) mass is 412 g/mol. The third-order valence-corrected chi connectivity index (χ3v) is 5.16. The van der Waals surface area contributed by atoms with E-state index in [1.807, 2.05) is 36.1 Å². The molecule has 3 rings (SSSR count). The molecule has 1 saturated heterocycles. The molecule has 10 nitrogen and oxygen atoms in total. The van der Waals surface area contributed by atoms with Crippen molar-refractivity contribution in [2.24, 2.45) is 5.73 Å². The van der Waals surface area contributed by atoms with E-state index in [2.05, 4.69) is 10.3 Å². The zero-order chi connectivity index (χ0) is 21.7. The van der Waals surface area contributed by atoms with Gasteiger partial charge in [0.2, 0.25) is 5.91 Å². The second kappa shape index (κ2) is 9.21. The summed E-state index contributed by atoms with van der Waals surface area (Å²) in [6, 6.07) is 9.41. The van der Waals surface area contributed by atoms with Crippen molar-refractivity contribution >= 4 is 23.4 Å². The average molecular weight is 412 g/mol. The number of nitro groups is 1. The Bertz CT molecular complexity index is 925. The van der Waals surface area contributed by atoms with E-state index in [9.17, 15) is 19.7 Å². The van der Waals surface area contributed by atoms with Gasteiger partial charge in [0.1, 0.15) is 12.0 Å². The number of hydrogen-bond donors (Lipinski definition) is 2. The van der Waals surface area contributed by atoms with Crippen LogP contribution in [0.15, 0.2) is 42.6 Å².